The summed E-state index contributed by atoms with van der Waals surface area (Å²) in [5.41, 5.74) is 1.88. The number of carbonyl (C=O) groups excluding carboxylic acids is 3. The van der Waals surface area contributed by atoms with Crippen LogP contribution in [0.5, 0.6) is 5.75 Å². The van der Waals surface area contributed by atoms with Gasteiger partial charge in [0.15, 0.2) is 5.78 Å². The van der Waals surface area contributed by atoms with Gasteiger partial charge in [-0.2, -0.15) is 0 Å². The van der Waals surface area contributed by atoms with Crippen molar-refractivity contribution < 1.29 is 37.4 Å². The molecule has 0 saturated carbocycles. The number of hydrogen-bond acceptors (Lipinski definition) is 7. The smallest absolute Gasteiger partial charge is 0.325 e. The normalized spacial score (nSPS) is 15.0. The third kappa shape index (κ3) is 10.3. The standard InChI is InChI=1S/C34H34F2N4O6/c1-4-5-28(14-22(3)44-19-21(2)41)45-20-27-18-30-31(12-13-37-33(30)38-27)46-29-11-10-26(16-25(36)17-29)39-34(43)40-32(42)15-23-6-8-24(35)9-7-23/h5-14,16-18,25H,4,15,19-20H2,1-3H3,(H,37,38)(H2,39,40,42,43)/b22-14+,28-5+. The number of amides is 3. The zero-order chi connectivity index (χ0) is 33.1. The van der Waals surface area contributed by atoms with Crippen molar-refractivity contribution in [2.24, 2.45) is 0 Å². The predicted octanol–water partition coefficient (Wildman–Crippen LogP) is 6.14. The molecule has 1 aliphatic carbocycles. The number of aromatic nitrogens is 2. The Morgan fingerprint density at radius 3 is 2.59 bits per heavy atom. The number of aromatic amines is 1. The fourth-order valence-electron chi connectivity index (χ4n) is 4.26. The number of fused-ring (bicyclic) bond motifs is 1. The quantitative estimate of drug-likeness (QED) is 0.152. The van der Waals surface area contributed by atoms with Crippen LogP contribution in [-0.2, 0) is 32.1 Å². The number of hydrogen-bond donors (Lipinski definition) is 3. The number of alkyl halides is 1. The zero-order valence-electron chi connectivity index (χ0n) is 25.6. The van der Waals surface area contributed by atoms with Gasteiger partial charge < -0.3 is 24.5 Å². The highest BCUT2D eigenvalue weighted by molar-refractivity contribution is 5.96. The molecule has 1 atom stereocenters. The van der Waals surface area contributed by atoms with Crippen LogP contribution >= 0.6 is 0 Å². The second kappa shape index (κ2) is 16.0. The van der Waals surface area contributed by atoms with Crippen molar-refractivity contribution in [2.75, 3.05) is 6.61 Å². The van der Waals surface area contributed by atoms with Crippen LogP contribution < -0.4 is 15.4 Å². The Kier molecular flexibility index (Phi) is 11.6. The SMILES string of the molecule is CC/C=C(\C=C(/C)OCC(C)=O)OCc1cc2c(OC3=CC(F)C=C(NC(=O)NC(=O)Cc4ccc(F)cc4)C=C3)ccnc2[nH]1. The van der Waals surface area contributed by atoms with Gasteiger partial charge in [0, 0.05) is 18.0 Å². The minimum atomic E-state index is -1.61. The second-order valence-electron chi connectivity index (χ2n) is 10.3. The molecule has 46 heavy (non-hydrogen) atoms. The molecule has 10 nitrogen and oxygen atoms in total. The lowest BCUT2D eigenvalue weighted by molar-refractivity contribution is -0.120. The van der Waals surface area contributed by atoms with E-state index in [0.29, 0.717) is 39.6 Å². The largest absolute Gasteiger partial charge is 0.490 e. The number of allylic oxidation sites excluding steroid dienone is 7. The van der Waals surface area contributed by atoms with E-state index >= 15 is 0 Å². The van der Waals surface area contributed by atoms with Crippen molar-refractivity contribution in [3.05, 3.63) is 119 Å². The molecule has 3 aromatic rings. The maximum atomic E-state index is 14.8. The number of imide groups is 1. The molecule has 240 valence electrons. The highest BCUT2D eigenvalue weighted by Gasteiger charge is 2.15. The summed E-state index contributed by atoms with van der Waals surface area (Å²) in [5, 5.41) is 5.25. The number of carbonyl (C=O) groups is 3. The van der Waals surface area contributed by atoms with E-state index in [1.54, 1.807) is 25.3 Å². The molecule has 2 heterocycles. The Hall–Kier alpha value is -5.52. The summed E-state index contributed by atoms with van der Waals surface area (Å²) in [6.45, 7) is 5.33. The number of nitrogens with one attached hydrogen (secondary N) is 3. The van der Waals surface area contributed by atoms with E-state index in [-0.39, 0.29) is 36.9 Å². The molecule has 1 aromatic carbocycles. The van der Waals surface area contributed by atoms with E-state index in [1.807, 2.05) is 19.1 Å². The van der Waals surface area contributed by atoms with E-state index in [0.717, 1.165) is 12.5 Å². The minimum Gasteiger partial charge on any atom is -0.490 e. The fourth-order valence-corrected chi connectivity index (χ4v) is 4.26. The number of rotatable bonds is 13. The lowest BCUT2D eigenvalue weighted by Gasteiger charge is -2.09. The molecule has 0 fully saturated rings. The van der Waals surface area contributed by atoms with Crippen LogP contribution in [0.25, 0.3) is 11.0 Å². The first-order chi connectivity index (χ1) is 22.1. The van der Waals surface area contributed by atoms with Gasteiger partial charge in [-0.15, -0.1) is 0 Å². The van der Waals surface area contributed by atoms with E-state index in [9.17, 15) is 23.2 Å². The lowest BCUT2D eigenvalue weighted by Crippen LogP contribution is -2.39. The van der Waals surface area contributed by atoms with Gasteiger partial charge in [-0.25, -0.2) is 18.6 Å². The highest BCUT2D eigenvalue weighted by Crippen LogP contribution is 2.28. The summed E-state index contributed by atoms with van der Waals surface area (Å²) in [6, 6.07) is 7.94. The Morgan fingerprint density at radius 1 is 1.07 bits per heavy atom. The van der Waals surface area contributed by atoms with Crippen LogP contribution in [0.2, 0.25) is 0 Å². The molecule has 3 amide bonds. The molecule has 1 aliphatic rings. The third-order valence-corrected chi connectivity index (χ3v) is 6.30. The fraction of sp³-hybridized carbons (Fsp3) is 0.235. The lowest BCUT2D eigenvalue weighted by atomic mass is 10.1. The first-order valence-corrected chi connectivity index (χ1v) is 14.5. The summed E-state index contributed by atoms with van der Waals surface area (Å²) < 4.78 is 45.3. The number of pyridine rings is 1. The molecule has 0 aliphatic heterocycles. The molecule has 0 saturated heterocycles. The van der Waals surface area contributed by atoms with Gasteiger partial charge >= 0.3 is 6.03 Å². The van der Waals surface area contributed by atoms with Crippen molar-refractivity contribution >= 4 is 28.8 Å². The number of ether oxygens (including phenoxy) is 3. The maximum absolute atomic E-state index is 14.8. The van der Waals surface area contributed by atoms with Gasteiger partial charge in [-0.05, 0) is 80.5 Å². The van der Waals surface area contributed by atoms with Crippen molar-refractivity contribution in [1.82, 2.24) is 20.6 Å². The molecular weight excluding hydrogens is 598 g/mol. The minimum absolute atomic E-state index is 0.0166. The summed E-state index contributed by atoms with van der Waals surface area (Å²) in [5.74, 6) is 0.590. The van der Waals surface area contributed by atoms with Crippen molar-refractivity contribution in [1.29, 1.82) is 0 Å². The second-order valence-corrected chi connectivity index (χ2v) is 10.3. The number of Topliss-reactive ketones (excluding diaryl/α,β-unsaturated/α-hetero) is 1. The summed E-state index contributed by atoms with van der Waals surface area (Å²) in [4.78, 5) is 43.3. The van der Waals surface area contributed by atoms with Crippen LogP contribution in [0.4, 0.5) is 13.6 Å². The number of ketones is 1. The van der Waals surface area contributed by atoms with Gasteiger partial charge in [-0.3, -0.25) is 14.9 Å². The molecule has 0 radical (unpaired) electrons. The van der Waals surface area contributed by atoms with E-state index in [1.165, 1.54) is 49.4 Å². The van der Waals surface area contributed by atoms with Crippen LogP contribution in [0.15, 0.2) is 102 Å². The van der Waals surface area contributed by atoms with Gasteiger partial charge in [0.2, 0.25) is 5.91 Å². The molecule has 3 N–H and O–H groups in total. The predicted molar refractivity (Wildman–Crippen MR) is 167 cm³/mol. The van der Waals surface area contributed by atoms with Crippen molar-refractivity contribution in [3.8, 4) is 5.75 Å². The molecule has 0 spiro atoms. The topological polar surface area (TPSA) is 132 Å². The number of urea groups is 1. The number of nitrogens with zero attached hydrogens (tertiary/aromatic N) is 1. The first kappa shape index (κ1) is 33.4. The average Bonchev–Trinajstić information content (AvgIpc) is 3.34. The molecule has 2 aromatic heterocycles. The van der Waals surface area contributed by atoms with Crippen LogP contribution in [-0.4, -0.2) is 40.5 Å². The molecule has 12 heteroatoms. The van der Waals surface area contributed by atoms with Gasteiger partial charge in [0.1, 0.15) is 48.1 Å². The maximum Gasteiger partial charge on any atom is 0.325 e. The highest BCUT2D eigenvalue weighted by atomic mass is 19.1. The molecule has 4 rings (SSSR count). The average molecular weight is 633 g/mol. The first-order valence-electron chi connectivity index (χ1n) is 14.5. The van der Waals surface area contributed by atoms with Crippen LogP contribution in [0.3, 0.4) is 0 Å². The Bertz CT molecular complexity index is 1740. The van der Waals surface area contributed by atoms with Crippen LogP contribution in [0, 0.1) is 5.82 Å². The zero-order valence-corrected chi connectivity index (χ0v) is 25.6. The summed E-state index contributed by atoms with van der Waals surface area (Å²) in [7, 11) is 0. The molecule has 1 unspecified atom stereocenters. The number of halogens is 2. The Balaban J connectivity index is 1.37. The van der Waals surface area contributed by atoms with E-state index in [4.69, 9.17) is 14.2 Å². The summed E-state index contributed by atoms with van der Waals surface area (Å²) >= 11 is 0. The van der Waals surface area contributed by atoms with E-state index < -0.39 is 23.9 Å². The third-order valence-electron chi connectivity index (χ3n) is 6.30. The Morgan fingerprint density at radius 2 is 1.85 bits per heavy atom. The van der Waals surface area contributed by atoms with Crippen molar-refractivity contribution in [3.63, 3.8) is 0 Å². The monoisotopic (exact) mass is 632 g/mol. The van der Waals surface area contributed by atoms with Crippen molar-refractivity contribution in [2.45, 2.75) is 46.4 Å². The van der Waals surface area contributed by atoms with Gasteiger partial charge in [-0.1, -0.05) is 19.1 Å². The van der Waals surface area contributed by atoms with Gasteiger partial charge in [0.25, 0.3) is 0 Å². The molecule has 0 bridgehead atoms. The van der Waals surface area contributed by atoms with Crippen LogP contribution in [0.1, 0.15) is 38.4 Å². The Labute approximate surface area is 264 Å². The molecular formula is C34H34F2N4O6. The number of benzene rings is 1. The number of H-pyrrole nitrogens is 1. The van der Waals surface area contributed by atoms with E-state index in [2.05, 4.69) is 20.6 Å². The van der Waals surface area contributed by atoms with Gasteiger partial charge in [0.05, 0.1) is 23.3 Å². The summed E-state index contributed by atoms with van der Waals surface area (Å²) in [6.07, 6.45) is 9.46.